The zero-order chi connectivity index (χ0) is 25.5. The number of hydrogen-bond donors (Lipinski definition) is 2. The van der Waals surface area contributed by atoms with Crippen molar-refractivity contribution in [2.75, 3.05) is 6.26 Å². The molecule has 10 heteroatoms. The minimum atomic E-state index is -1.83. The Bertz CT molecular complexity index is 1470. The second kappa shape index (κ2) is 9.59. The minimum Gasteiger partial charge on any atom is -0.508 e. The Kier molecular flexibility index (Phi) is 6.89. The highest BCUT2D eigenvalue weighted by Gasteiger charge is 2.29. The molecule has 0 atom stereocenters. The minimum absolute atomic E-state index is 0.0932. The molecule has 0 bridgehead atoms. The van der Waals surface area contributed by atoms with Crippen molar-refractivity contribution in [3.05, 3.63) is 58.2 Å². The van der Waals surface area contributed by atoms with Gasteiger partial charge in [-0.2, -0.15) is 4.73 Å². The Morgan fingerprint density at radius 2 is 1.77 bits per heavy atom. The van der Waals surface area contributed by atoms with E-state index in [2.05, 4.69) is 35.5 Å². The van der Waals surface area contributed by atoms with Crippen molar-refractivity contribution in [2.45, 2.75) is 24.8 Å². The molecule has 6 nitrogen and oxygen atoms in total. The number of aromatic hydroxyl groups is 1. The molecule has 2 N–H and O–H groups in total. The maximum Gasteiger partial charge on any atom is 0.187 e. The lowest BCUT2D eigenvalue weighted by Crippen LogP contribution is -2.39. The summed E-state index contributed by atoms with van der Waals surface area (Å²) in [6.45, 7) is 6.63. The van der Waals surface area contributed by atoms with E-state index in [0.717, 1.165) is 9.92 Å². The second-order valence-corrected chi connectivity index (χ2v) is 15.4. The monoisotopic (exact) mass is 540 g/mol. The van der Waals surface area contributed by atoms with Crippen molar-refractivity contribution >= 4 is 48.2 Å². The van der Waals surface area contributed by atoms with E-state index in [1.807, 2.05) is 24.5 Å². The molecule has 0 amide bonds. The van der Waals surface area contributed by atoms with Crippen molar-refractivity contribution in [2.24, 2.45) is 0 Å². The third-order valence-corrected chi connectivity index (χ3v) is 8.63. The van der Waals surface area contributed by atoms with Gasteiger partial charge < -0.3 is 10.3 Å². The third-order valence-electron chi connectivity index (χ3n) is 5.44. The van der Waals surface area contributed by atoms with Crippen LogP contribution in [0.1, 0.15) is 5.56 Å². The summed E-state index contributed by atoms with van der Waals surface area (Å²) in [5.74, 6) is 2.83. The molecule has 0 radical (unpaired) electrons. The van der Waals surface area contributed by atoms with Crippen LogP contribution in [0.4, 0.5) is 0 Å². The van der Waals surface area contributed by atoms with E-state index in [0.29, 0.717) is 33.4 Å². The van der Waals surface area contributed by atoms with Gasteiger partial charge in [0.25, 0.3) is 0 Å². The topological polar surface area (TPSA) is 84.1 Å². The molecule has 0 fully saturated rings. The van der Waals surface area contributed by atoms with Gasteiger partial charge in [-0.3, -0.25) is 0 Å². The molecule has 0 saturated heterocycles. The molecule has 2 aromatic carbocycles. The number of phenols is 1. The Labute approximate surface area is 219 Å². The lowest BCUT2D eigenvalue weighted by atomic mass is 10.0. The maximum absolute atomic E-state index is 11.5. The molecule has 35 heavy (non-hydrogen) atoms. The molecule has 0 spiro atoms. The molecular weight excluding hydrogens is 519 g/mol. The summed E-state index contributed by atoms with van der Waals surface area (Å²) in [6, 6.07) is 10.2. The van der Waals surface area contributed by atoms with Gasteiger partial charge in [0.1, 0.15) is 17.1 Å². The van der Waals surface area contributed by atoms with Crippen LogP contribution in [0.5, 0.6) is 5.75 Å². The van der Waals surface area contributed by atoms with Crippen LogP contribution in [0.15, 0.2) is 47.8 Å². The summed E-state index contributed by atoms with van der Waals surface area (Å²) in [4.78, 5) is 13.6. The van der Waals surface area contributed by atoms with E-state index in [1.165, 1.54) is 23.9 Å². The molecule has 4 aromatic rings. The van der Waals surface area contributed by atoms with Gasteiger partial charge in [0.2, 0.25) is 0 Å². The van der Waals surface area contributed by atoms with Crippen molar-refractivity contribution in [3.63, 3.8) is 0 Å². The molecular formula is C25H22Cl2N4O2SSi. The summed E-state index contributed by atoms with van der Waals surface area (Å²) in [6.07, 6.45) is 9.52. The molecule has 178 valence electrons. The van der Waals surface area contributed by atoms with E-state index >= 15 is 0 Å². The normalized spacial score (nSPS) is 11.5. The van der Waals surface area contributed by atoms with Gasteiger partial charge in [-0.05, 0) is 29.6 Å². The number of halogens is 2. The lowest BCUT2D eigenvalue weighted by Gasteiger charge is -2.21. The van der Waals surface area contributed by atoms with E-state index in [-0.39, 0.29) is 27.2 Å². The number of imidazole rings is 1. The Morgan fingerprint density at radius 3 is 2.37 bits per heavy atom. The first-order valence-corrected chi connectivity index (χ1v) is 16.0. The van der Waals surface area contributed by atoms with Crippen LogP contribution < -0.4 is 5.19 Å². The van der Waals surface area contributed by atoms with Gasteiger partial charge in [0.15, 0.2) is 11.0 Å². The van der Waals surface area contributed by atoms with Gasteiger partial charge in [-0.1, -0.05) is 78.7 Å². The van der Waals surface area contributed by atoms with Gasteiger partial charge >= 0.3 is 0 Å². The Morgan fingerprint density at radius 1 is 1.09 bits per heavy atom. The fourth-order valence-corrected chi connectivity index (χ4v) is 6.42. The fraction of sp³-hybridized carbons (Fsp3) is 0.160. The lowest BCUT2D eigenvalue weighted by molar-refractivity contribution is 0.195. The van der Waals surface area contributed by atoms with Crippen molar-refractivity contribution < 1.29 is 10.3 Å². The van der Waals surface area contributed by atoms with Crippen molar-refractivity contribution in [1.82, 2.24) is 19.7 Å². The van der Waals surface area contributed by atoms with E-state index in [4.69, 9.17) is 34.6 Å². The smallest absolute Gasteiger partial charge is 0.187 e. The number of thioether (sulfide) groups is 1. The molecule has 0 aliphatic carbocycles. The standard InChI is InChI=1S/C25H22Cl2N4O2SSi/c1-6-15-16(8-7-9-20(15)35(3,4)5)23-22(19-10-11-28-25(29-19)34-2)30-24(31(23)33)21-17(26)12-14(32)13-18(21)27/h1,7-13,32-33H,2-5H3. The average Bonchev–Trinajstić information content (AvgIpc) is 3.13. The fourth-order valence-electron chi connectivity index (χ4n) is 3.87. The van der Waals surface area contributed by atoms with Crippen molar-refractivity contribution in [1.29, 1.82) is 0 Å². The predicted molar refractivity (Wildman–Crippen MR) is 146 cm³/mol. The number of benzene rings is 2. The van der Waals surface area contributed by atoms with Crippen LogP contribution in [-0.4, -0.2) is 44.3 Å². The van der Waals surface area contributed by atoms with Crippen LogP contribution in [0, 0.1) is 12.3 Å². The molecule has 0 unspecified atom stereocenters. The Hall–Kier alpha value is -2.96. The summed E-state index contributed by atoms with van der Waals surface area (Å²) >= 11 is 14.2. The summed E-state index contributed by atoms with van der Waals surface area (Å²) < 4.78 is 0.935. The molecule has 4 rings (SSSR count). The second-order valence-electron chi connectivity index (χ2n) is 8.78. The van der Waals surface area contributed by atoms with Gasteiger partial charge in [0, 0.05) is 17.3 Å². The van der Waals surface area contributed by atoms with E-state index < -0.39 is 8.07 Å². The largest absolute Gasteiger partial charge is 0.508 e. The van der Waals surface area contributed by atoms with Crippen LogP contribution in [-0.2, 0) is 0 Å². The molecule has 0 aliphatic rings. The summed E-state index contributed by atoms with van der Waals surface area (Å²) in [5, 5.41) is 23.3. The number of hydrogen-bond acceptors (Lipinski definition) is 6. The van der Waals surface area contributed by atoms with E-state index in [1.54, 1.807) is 12.3 Å². The molecule has 2 aromatic heterocycles. The number of nitrogens with zero attached hydrogens (tertiary/aromatic N) is 4. The summed E-state index contributed by atoms with van der Waals surface area (Å²) in [7, 11) is -1.83. The van der Waals surface area contributed by atoms with Crippen LogP contribution in [0.2, 0.25) is 29.7 Å². The van der Waals surface area contributed by atoms with Gasteiger partial charge in [-0.25, -0.2) is 15.0 Å². The van der Waals surface area contributed by atoms with Crippen LogP contribution >= 0.6 is 35.0 Å². The molecule has 2 heterocycles. The van der Waals surface area contributed by atoms with Crippen molar-refractivity contribution in [3.8, 4) is 52.1 Å². The molecule has 0 saturated carbocycles. The zero-order valence-electron chi connectivity index (χ0n) is 19.5. The Balaban J connectivity index is 2.11. The molecule has 0 aliphatic heterocycles. The summed E-state index contributed by atoms with van der Waals surface area (Å²) in [5.41, 5.74) is 2.85. The highest BCUT2D eigenvalue weighted by Crippen LogP contribution is 2.42. The number of rotatable bonds is 5. The average molecular weight is 542 g/mol. The first-order chi connectivity index (χ1) is 16.6. The van der Waals surface area contributed by atoms with Crippen LogP contribution in [0.25, 0.3) is 34.0 Å². The SMILES string of the molecule is C#Cc1c(-c2c(-c3ccnc(SC)n3)nc(-c3c(Cl)cc(O)cc3Cl)n2O)cccc1[Si](C)(C)C. The van der Waals surface area contributed by atoms with Crippen LogP contribution in [0.3, 0.4) is 0 Å². The highest BCUT2D eigenvalue weighted by molar-refractivity contribution is 7.98. The number of phenolic OH excluding ortho intramolecular Hbond substituents is 1. The maximum atomic E-state index is 11.5. The van der Waals surface area contributed by atoms with Gasteiger partial charge in [-0.15, -0.1) is 6.42 Å². The quantitative estimate of drug-likeness (QED) is 0.103. The van der Waals surface area contributed by atoms with E-state index in [9.17, 15) is 10.3 Å². The third kappa shape index (κ3) is 4.65. The van der Waals surface area contributed by atoms with Gasteiger partial charge in [0.05, 0.1) is 29.4 Å². The first kappa shape index (κ1) is 25.1. The first-order valence-electron chi connectivity index (χ1n) is 10.5. The number of terminal acetylenes is 1. The number of aromatic nitrogens is 4. The highest BCUT2D eigenvalue weighted by atomic mass is 35.5. The predicted octanol–water partition coefficient (Wildman–Crippen LogP) is 6.17. The zero-order valence-corrected chi connectivity index (χ0v) is 22.8.